The number of pyridine rings is 2. The van der Waals surface area contributed by atoms with Crippen molar-refractivity contribution >= 4 is 33.4 Å². The average Bonchev–Trinajstić information content (AvgIpc) is 2.60. The highest BCUT2D eigenvalue weighted by Gasteiger charge is 2.19. The summed E-state index contributed by atoms with van der Waals surface area (Å²) in [5, 5.41) is 2.64. The summed E-state index contributed by atoms with van der Waals surface area (Å²) < 4.78 is 0. The number of halogens is 1. The second kappa shape index (κ2) is 5.82. The molecule has 3 heteroatoms. The molecule has 0 N–H and O–H groups in total. The van der Waals surface area contributed by atoms with Crippen LogP contribution in [0.3, 0.4) is 0 Å². The molecule has 0 spiro atoms. The van der Waals surface area contributed by atoms with E-state index in [9.17, 15) is 0 Å². The predicted octanol–water partition coefficient (Wildman–Crippen LogP) is 6.40. The van der Waals surface area contributed by atoms with Gasteiger partial charge < -0.3 is 0 Å². The number of fused-ring (bicyclic) bond motifs is 3. The molecule has 0 radical (unpaired) electrons. The van der Waals surface area contributed by atoms with Crippen molar-refractivity contribution in [3.63, 3.8) is 0 Å². The molecule has 0 aliphatic heterocycles. The first kappa shape index (κ1) is 16.0. The minimum Gasteiger partial charge on any atom is -0.250 e. The van der Waals surface area contributed by atoms with Crippen molar-refractivity contribution in [2.45, 2.75) is 26.2 Å². The zero-order valence-corrected chi connectivity index (χ0v) is 15.3. The fourth-order valence-corrected chi connectivity index (χ4v) is 3.24. The fraction of sp³-hybridized carbons (Fsp3) is 0.182. The van der Waals surface area contributed by atoms with E-state index in [0.717, 1.165) is 27.5 Å². The summed E-state index contributed by atoms with van der Waals surface area (Å²) in [5.74, 6) is 0. The number of hydrogen-bond donors (Lipinski definition) is 0. The van der Waals surface area contributed by atoms with Gasteiger partial charge >= 0.3 is 0 Å². The molecule has 0 atom stereocenters. The Labute approximate surface area is 152 Å². The first-order valence-corrected chi connectivity index (χ1v) is 8.77. The highest BCUT2D eigenvalue weighted by Crippen LogP contribution is 2.35. The van der Waals surface area contributed by atoms with Crippen molar-refractivity contribution in [3.05, 3.63) is 71.5 Å². The first-order valence-electron chi connectivity index (χ1n) is 8.39. The van der Waals surface area contributed by atoms with E-state index in [1.165, 1.54) is 11.1 Å². The van der Waals surface area contributed by atoms with Crippen molar-refractivity contribution in [2.24, 2.45) is 0 Å². The smallest absolute Gasteiger partial charge is 0.129 e. The lowest BCUT2D eigenvalue weighted by atomic mass is 9.88. The maximum absolute atomic E-state index is 6.17. The van der Waals surface area contributed by atoms with E-state index < -0.39 is 0 Å². The summed E-state index contributed by atoms with van der Waals surface area (Å²) in [4.78, 5) is 9.55. The predicted molar refractivity (Wildman–Crippen MR) is 106 cm³/mol. The van der Waals surface area contributed by atoms with Crippen LogP contribution in [0.1, 0.15) is 26.5 Å². The molecule has 0 saturated heterocycles. The highest BCUT2D eigenvalue weighted by atomic mass is 35.5. The van der Waals surface area contributed by atoms with E-state index in [1.54, 1.807) is 0 Å². The molecule has 2 aromatic carbocycles. The van der Waals surface area contributed by atoms with E-state index in [-0.39, 0.29) is 5.41 Å². The molecule has 2 aromatic heterocycles. The number of rotatable bonds is 1. The van der Waals surface area contributed by atoms with Gasteiger partial charge in [-0.2, -0.15) is 0 Å². The van der Waals surface area contributed by atoms with Gasteiger partial charge in [0, 0.05) is 21.9 Å². The van der Waals surface area contributed by atoms with E-state index in [1.807, 2.05) is 18.2 Å². The van der Waals surface area contributed by atoms with Gasteiger partial charge in [0.2, 0.25) is 0 Å². The van der Waals surface area contributed by atoms with E-state index in [4.69, 9.17) is 16.6 Å². The van der Waals surface area contributed by atoms with Crippen LogP contribution in [0.15, 0.2) is 60.7 Å². The van der Waals surface area contributed by atoms with Gasteiger partial charge in [-0.25, -0.2) is 9.97 Å². The normalized spacial score (nSPS) is 12.0. The lowest BCUT2D eigenvalue weighted by Crippen LogP contribution is -2.14. The number of nitrogens with zero attached hydrogens (tertiary/aromatic N) is 2. The Balaban J connectivity index is 2.17. The second-order valence-electron chi connectivity index (χ2n) is 7.34. The summed E-state index contributed by atoms with van der Waals surface area (Å²) in [6.07, 6.45) is 0. The Kier molecular flexibility index (Phi) is 3.73. The zero-order valence-electron chi connectivity index (χ0n) is 14.5. The number of benzene rings is 2. The molecule has 25 heavy (non-hydrogen) atoms. The third-order valence-electron chi connectivity index (χ3n) is 4.46. The van der Waals surface area contributed by atoms with Crippen LogP contribution < -0.4 is 0 Å². The third-order valence-corrected chi connectivity index (χ3v) is 4.67. The van der Waals surface area contributed by atoms with E-state index in [2.05, 4.69) is 68.2 Å². The molecule has 0 aliphatic rings. The van der Waals surface area contributed by atoms with Gasteiger partial charge in [-0.1, -0.05) is 74.8 Å². The molecular weight excluding hydrogens is 328 g/mol. The minimum atomic E-state index is -0.0571. The van der Waals surface area contributed by atoms with Crippen LogP contribution in [0.4, 0.5) is 0 Å². The minimum absolute atomic E-state index is 0.0571. The van der Waals surface area contributed by atoms with E-state index >= 15 is 0 Å². The third kappa shape index (κ3) is 2.87. The largest absolute Gasteiger partial charge is 0.250 e. The number of aromatic nitrogens is 2. The highest BCUT2D eigenvalue weighted by molar-refractivity contribution is 6.30. The Morgan fingerprint density at radius 1 is 0.800 bits per heavy atom. The number of hydrogen-bond acceptors (Lipinski definition) is 2. The molecule has 2 heterocycles. The van der Waals surface area contributed by atoms with Crippen LogP contribution in [0.5, 0.6) is 0 Å². The molecule has 0 fully saturated rings. The monoisotopic (exact) mass is 346 g/mol. The Morgan fingerprint density at radius 3 is 2.24 bits per heavy atom. The summed E-state index contributed by atoms with van der Waals surface area (Å²) in [6.45, 7) is 6.55. The summed E-state index contributed by atoms with van der Waals surface area (Å²) in [7, 11) is 0. The quantitative estimate of drug-likeness (QED) is 0.294. The summed E-state index contributed by atoms with van der Waals surface area (Å²) >= 11 is 6.17. The molecule has 0 amide bonds. The Bertz CT molecular complexity index is 1080. The van der Waals surface area contributed by atoms with Gasteiger partial charge in [0.25, 0.3) is 0 Å². The van der Waals surface area contributed by atoms with Crippen LogP contribution in [0.2, 0.25) is 5.15 Å². The van der Waals surface area contributed by atoms with Crippen molar-refractivity contribution in [2.75, 3.05) is 0 Å². The molecule has 4 rings (SSSR count). The van der Waals surface area contributed by atoms with Crippen molar-refractivity contribution in [1.29, 1.82) is 0 Å². The maximum atomic E-state index is 6.17. The van der Waals surface area contributed by atoms with Gasteiger partial charge in [0.1, 0.15) is 5.15 Å². The summed E-state index contributed by atoms with van der Waals surface area (Å²) in [6, 6.07) is 20.7. The Morgan fingerprint density at radius 2 is 1.52 bits per heavy atom. The maximum Gasteiger partial charge on any atom is 0.129 e. The van der Waals surface area contributed by atoms with Crippen molar-refractivity contribution in [1.82, 2.24) is 9.97 Å². The molecule has 0 unspecified atom stereocenters. The van der Waals surface area contributed by atoms with Gasteiger partial charge in [-0.15, -0.1) is 0 Å². The average molecular weight is 347 g/mol. The van der Waals surface area contributed by atoms with Crippen LogP contribution in [-0.2, 0) is 5.41 Å². The molecule has 2 nitrogen and oxygen atoms in total. The second-order valence-corrected chi connectivity index (χ2v) is 7.73. The first-order chi connectivity index (χ1) is 11.9. The summed E-state index contributed by atoms with van der Waals surface area (Å²) in [5.41, 5.74) is 5.12. The van der Waals surface area contributed by atoms with Crippen LogP contribution >= 0.6 is 11.6 Å². The van der Waals surface area contributed by atoms with Crippen LogP contribution in [-0.4, -0.2) is 9.97 Å². The topological polar surface area (TPSA) is 25.8 Å². The van der Waals surface area contributed by atoms with Crippen LogP contribution in [0.25, 0.3) is 32.9 Å². The SMILES string of the molecule is CC(C)(C)c1cc(-c2ccccc2)c2ccc3ccc(Cl)nc3c2n1. The van der Waals surface area contributed by atoms with Crippen molar-refractivity contribution in [3.8, 4) is 11.1 Å². The standard InChI is InChI=1S/C22H19ClN2/c1-22(2,3)18-13-17(14-7-5-4-6-8-14)16-11-9-15-10-12-19(23)25-20(15)21(16)24-18/h4-13H,1-3H3. The van der Waals surface area contributed by atoms with Crippen molar-refractivity contribution < 1.29 is 0 Å². The zero-order chi connectivity index (χ0) is 17.6. The van der Waals surface area contributed by atoms with Gasteiger partial charge in [-0.05, 0) is 29.3 Å². The Hall–Kier alpha value is -2.45. The molecule has 124 valence electrons. The van der Waals surface area contributed by atoms with Gasteiger partial charge in [0.05, 0.1) is 11.0 Å². The molecule has 0 saturated carbocycles. The van der Waals surface area contributed by atoms with Gasteiger partial charge in [0.15, 0.2) is 0 Å². The molecule has 0 aliphatic carbocycles. The van der Waals surface area contributed by atoms with Crippen LogP contribution in [0, 0.1) is 0 Å². The molecule has 0 bridgehead atoms. The fourth-order valence-electron chi connectivity index (χ4n) is 3.09. The molecular formula is C22H19ClN2. The lowest BCUT2D eigenvalue weighted by Gasteiger charge is -2.20. The van der Waals surface area contributed by atoms with E-state index in [0.29, 0.717) is 5.15 Å². The van der Waals surface area contributed by atoms with Gasteiger partial charge in [-0.3, -0.25) is 0 Å². The lowest BCUT2D eigenvalue weighted by molar-refractivity contribution is 0.572. The molecule has 4 aromatic rings.